The largest absolute Gasteiger partial charge is 0.487 e. The molecule has 1 unspecified atom stereocenters. The Kier molecular flexibility index (Phi) is 4.44. The van der Waals surface area contributed by atoms with Gasteiger partial charge in [-0.3, -0.25) is 4.79 Å². The summed E-state index contributed by atoms with van der Waals surface area (Å²) >= 11 is 4.68. The molecule has 2 aromatic rings. The van der Waals surface area contributed by atoms with E-state index in [9.17, 15) is 13.6 Å². The van der Waals surface area contributed by atoms with Gasteiger partial charge in [0.05, 0.1) is 0 Å². The van der Waals surface area contributed by atoms with Crippen molar-refractivity contribution in [2.24, 2.45) is 0 Å². The molecule has 0 spiro atoms. The summed E-state index contributed by atoms with van der Waals surface area (Å²) in [5.74, 6) is 0.516. The molecule has 8 heteroatoms. The Morgan fingerprint density at radius 1 is 1.17 bits per heavy atom. The number of amides is 1. The van der Waals surface area contributed by atoms with Gasteiger partial charge in [-0.2, -0.15) is 0 Å². The van der Waals surface area contributed by atoms with Crippen LogP contribution >= 0.6 is 11.6 Å². The predicted molar refractivity (Wildman–Crippen MR) is 82.9 cm³/mol. The Labute approximate surface area is 141 Å². The highest BCUT2D eigenvalue weighted by Gasteiger charge is 2.28. The molecule has 1 N–H and O–H groups in total. The minimum atomic E-state index is -3.79. The first kappa shape index (κ1) is 16.3. The second-order valence-electron chi connectivity index (χ2n) is 4.93. The van der Waals surface area contributed by atoms with Crippen LogP contribution in [0.25, 0.3) is 0 Å². The molecular weight excluding hydrogens is 344 g/mol. The van der Waals surface area contributed by atoms with Gasteiger partial charge in [0.1, 0.15) is 12.4 Å². The van der Waals surface area contributed by atoms with Crippen molar-refractivity contribution >= 4 is 23.2 Å². The topological polar surface area (TPSA) is 56.8 Å². The predicted octanol–water partition coefficient (Wildman–Crippen LogP) is 3.63. The van der Waals surface area contributed by atoms with Crippen LogP contribution in [-0.4, -0.2) is 24.2 Å². The number of hydrogen-bond donors (Lipinski definition) is 1. The summed E-state index contributed by atoms with van der Waals surface area (Å²) in [6, 6.07) is 12.4. The van der Waals surface area contributed by atoms with E-state index >= 15 is 0 Å². The Bertz CT molecular complexity index is 734. The molecule has 0 saturated carbocycles. The van der Waals surface area contributed by atoms with Crippen molar-refractivity contribution in [2.75, 3.05) is 11.9 Å². The SMILES string of the molecule is O=C(Nc1ccc(OC(F)(F)Cl)cc1)C1COc2ccccc2O1. The summed E-state index contributed by atoms with van der Waals surface area (Å²) in [6.45, 7) is 0.0719. The van der Waals surface area contributed by atoms with Gasteiger partial charge in [-0.15, -0.1) is 8.78 Å². The minimum absolute atomic E-state index is 0.0719. The van der Waals surface area contributed by atoms with Gasteiger partial charge in [0.15, 0.2) is 11.5 Å². The maximum atomic E-state index is 12.5. The number of benzene rings is 2. The third kappa shape index (κ3) is 4.05. The lowest BCUT2D eigenvalue weighted by Gasteiger charge is -2.25. The molecular formula is C16H12ClF2NO4. The molecule has 0 radical (unpaired) electrons. The highest BCUT2D eigenvalue weighted by Crippen LogP contribution is 2.31. The van der Waals surface area contributed by atoms with Gasteiger partial charge in [-0.25, -0.2) is 0 Å². The highest BCUT2D eigenvalue weighted by atomic mass is 35.5. The second-order valence-corrected chi connectivity index (χ2v) is 5.37. The van der Waals surface area contributed by atoms with Crippen LogP contribution in [0.4, 0.5) is 14.5 Å². The maximum Gasteiger partial charge on any atom is 0.487 e. The molecule has 24 heavy (non-hydrogen) atoms. The Morgan fingerprint density at radius 3 is 2.50 bits per heavy atom. The van der Waals surface area contributed by atoms with Gasteiger partial charge in [0, 0.05) is 17.3 Å². The van der Waals surface area contributed by atoms with Crippen LogP contribution in [0.1, 0.15) is 0 Å². The number of halogens is 3. The molecule has 126 valence electrons. The van der Waals surface area contributed by atoms with Crippen LogP contribution in [-0.2, 0) is 4.79 Å². The molecule has 0 aromatic heterocycles. The van der Waals surface area contributed by atoms with E-state index in [1.807, 2.05) is 0 Å². The monoisotopic (exact) mass is 355 g/mol. The van der Waals surface area contributed by atoms with E-state index in [-0.39, 0.29) is 12.4 Å². The van der Waals surface area contributed by atoms with Crippen LogP contribution in [0.2, 0.25) is 0 Å². The second kappa shape index (κ2) is 6.52. The van der Waals surface area contributed by atoms with E-state index in [2.05, 4.69) is 21.7 Å². The summed E-state index contributed by atoms with van der Waals surface area (Å²) in [7, 11) is 0. The van der Waals surface area contributed by atoms with E-state index in [4.69, 9.17) is 9.47 Å². The zero-order chi connectivity index (χ0) is 17.2. The van der Waals surface area contributed by atoms with Crippen molar-refractivity contribution in [1.29, 1.82) is 0 Å². The summed E-state index contributed by atoms with van der Waals surface area (Å²) in [6.07, 6.45) is -0.817. The molecule has 1 heterocycles. The molecule has 1 amide bonds. The Balaban J connectivity index is 1.61. The maximum absolute atomic E-state index is 12.5. The molecule has 1 aliphatic rings. The Morgan fingerprint density at radius 2 is 1.83 bits per heavy atom. The lowest BCUT2D eigenvalue weighted by molar-refractivity contribution is -0.125. The number of ether oxygens (including phenoxy) is 3. The first-order chi connectivity index (χ1) is 11.4. The van der Waals surface area contributed by atoms with Crippen molar-refractivity contribution in [1.82, 2.24) is 0 Å². The molecule has 1 aliphatic heterocycles. The fraction of sp³-hybridized carbons (Fsp3) is 0.188. The van der Waals surface area contributed by atoms with Gasteiger partial charge >= 0.3 is 5.57 Å². The van der Waals surface area contributed by atoms with Gasteiger partial charge < -0.3 is 19.5 Å². The van der Waals surface area contributed by atoms with Crippen LogP contribution < -0.4 is 19.5 Å². The molecule has 0 aliphatic carbocycles. The molecule has 3 rings (SSSR count). The van der Waals surface area contributed by atoms with Gasteiger partial charge in [0.25, 0.3) is 5.91 Å². The number of nitrogens with one attached hydrogen (secondary N) is 1. The van der Waals surface area contributed by atoms with Crippen LogP contribution in [0.3, 0.4) is 0 Å². The Hall–Kier alpha value is -2.54. The summed E-state index contributed by atoms with van der Waals surface area (Å²) < 4.78 is 40.3. The van der Waals surface area contributed by atoms with Crippen molar-refractivity contribution in [3.63, 3.8) is 0 Å². The minimum Gasteiger partial charge on any atom is -0.485 e. The van der Waals surface area contributed by atoms with Gasteiger partial charge in [0.2, 0.25) is 6.10 Å². The molecule has 2 aromatic carbocycles. The van der Waals surface area contributed by atoms with E-state index in [0.29, 0.717) is 17.2 Å². The lowest BCUT2D eigenvalue weighted by Crippen LogP contribution is -2.40. The first-order valence-electron chi connectivity index (χ1n) is 6.96. The van der Waals surface area contributed by atoms with Crippen LogP contribution in [0.15, 0.2) is 48.5 Å². The quantitative estimate of drug-likeness (QED) is 0.851. The first-order valence-corrected chi connectivity index (χ1v) is 7.34. The average Bonchev–Trinajstić information content (AvgIpc) is 2.55. The third-order valence-corrected chi connectivity index (χ3v) is 3.23. The van der Waals surface area contributed by atoms with Crippen molar-refractivity contribution < 1.29 is 27.8 Å². The number of carbonyl (C=O) groups is 1. The summed E-state index contributed by atoms with van der Waals surface area (Å²) in [4.78, 5) is 12.2. The molecule has 0 fully saturated rings. The zero-order valence-corrected chi connectivity index (χ0v) is 12.9. The fourth-order valence-corrected chi connectivity index (χ4v) is 2.20. The van der Waals surface area contributed by atoms with E-state index in [1.54, 1.807) is 24.3 Å². The third-order valence-electron chi connectivity index (χ3n) is 3.16. The van der Waals surface area contributed by atoms with E-state index in [1.165, 1.54) is 24.3 Å². The smallest absolute Gasteiger partial charge is 0.485 e. The van der Waals surface area contributed by atoms with Crippen molar-refractivity contribution in [2.45, 2.75) is 11.7 Å². The van der Waals surface area contributed by atoms with Crippen molar-refractivity contribution in [3.05, 3.63) is 48.5 Å². The summed E-state index contributed by atoms with van der Waals surface area (Å²) in [5.41, 5.74) is -3.39. The highest BCUT2D eigenvalue weighted by molar-refractivity contribution is 6.20. The fourth-order valence-electron chi connectivity index (χ4n) is 2.11. The normalized spacial score (nSPS) is 16.4. The summed E-state index contributed by atoms with van der Waals surface area (Å²) in [5, 5.41) is 2.61. The number of carbonyl (C=O) groups excluding carboxylic acids is 1. The number of alkyl halides is 3. The molecule has 5 nitrogen and oxygen atoms in total. The number of para-hydroxylation sites is 2. The number of hydrogen-bond acceptors (Lipinski definition) is 4. The molecule has 1 atom stereocenters. The molecule has 0 bridgehead atoms. The average molecular weight is 356 g/mol. The van der Waals surface area contributed by atoms with E-state index < -0.39 is 17.6 Å². The van der Waals surface area contributed by atoms with E-state index in [0.717, 1.165) is 0 Å². The van der Waals surface area contributed by atoms with Crippen LogP contribution in [0, 0.1) is 0 Å². The zero-order valence-electron chi connectivity index (χ0n) is 12.2. The van der Waals surface area contributed by atoms with Crippen molar-refractivity contribution in [3.8, 4) is 17.2 Å². The lowest BCUT2D eigenvalue weighted by atomic mass is 10.2. The van der Waals surface area contributed by atoms with Gasteiger partial charge in [-0.05, 0) is 36.4 Å². The number of anilines is 1. The molecule has 0 saturated heterocycles. The standard InChI is InChI=1S/C16H12ClF2NO4/c17-16(18,19)24-11-7-5-10(6-8-11)20-15(21)14-9-22-12-3-1-2-4-13(12)23-14/h1-8,14H,9H2,(H,20,21). The number of rotatable bonds is 4. The number of fused-ring (bicyclic) bond motifs is 1. The van der Waals surface area contributed by atoms with Gasteiger partial charge in [-0.1, -0.05) is 12.1 Å². The van der Waals surface area contributed by atoms with Crippen LogP contribution in [0.5, 0.6) is 17.2 Å².